The van der Waals surface area contributed by atoms with Crippen LogP contribution in [0.2, 0.25) is 0 Å². The summed E-state index contributed by atoms with van der Waals surface area (Å²) in [6.45, 7) is 8.30. The molecular formula is C15H28N2O4. The van der Waals surface area contributed by atoms with Gasteiger partial charge in [0, 0.05) is 32.3 Å². The normalized spacial score (nSPS) is 20.1. The van der Waals surface area contributed by atoms with Crippen molar-refractivity contribution in [2.45, 2.75) is 58.6 Å². The van der Waals surface area contributed by atoms with Crippen LogP contribution in [0.5, 0.6) is 0 Å². The van der Waals surface area contributed by atoms with E-state index >= 15 is 0 Å². The van der Waals surface area contributed by atoms with Gasteiger partial charge in [-0.05, 0) is 33.1 Å². The largest absolute Gasteiger partial charge is 0.481 e. The van der Waals surface area contributed by atoms with Crippen LogP contribution >= 0.6 is 0 Å². The fraction of sp³-hybridized carbons (Fsp3) is 0.867. The molecule has 21 heavy (non-hydrogen) atoms. The summed E-state index contributed by atoms with van der Waals surface area (Å²) in [7, 11) is 0. The van der Waals surface area contributed by atoms with Gasteiger partial charge in [0.15, 0.2) is 0 Å². The Hall–Kier alpha value is -1.30. The van der Waals surface area contributed by atoms with Gasteiger partial charge in [-0.2, -0.15) is 0 Å². The van der Waals surface area contributed by atoms with E-state index in [9.17, 15) is 9.59 Å². The molecule has 1 aliphatic heterocycles. The minimum Gasteiger partial charge on any atom is -0.481 e. The Morgan fingerprint density at radius 1 is 1.43 bits per heavy atom. The second kappa shape index (κ2) is 8.87. The number of carbonyl (C=O) groups excluding carboxylic acids is 1. The van der Waals surface area contributed by atoms with Gasteiger partial charge in [0.05, 0.1) is 12.5 Å². The maximum atomic E-state index is 12.6. The van der Waals surface area contributed by atoms with Crippen molar-refractivity contribution in [2.24, 2.45) is 0 Å². The first kappa shape index (κ1) is 17.8. The number of piperidine rings is 1. The summed E-state index contributed by atoms with van der Waals surface area (Å²) in [4.78, 5) is 26.8. The van der Waals surface area contributed by atoms with Crippen LogP contribution in [-0.4, -0.2) is 65.3 Å². The summed E-state index contributed by atoms with van der Waals surface area (Å²) < 4.78 is 5.74. The lowest BCUT2D eigenvalue weighted by atomic mass is 10.1. The van der Waals surface area contributed by atoms with Crippen LogP contribution in [0.15, 0.2) is 0 Å². The standard InChI is InChI=1S/C15H28N2O4/c1-4-9-21-13-7-6-8-16(11-13)15(20)17(5-2)12(3)10-14(18)19/h12-13H,4-11H2,1-3H3,(H,18,19). The van der Waals surface area contributed by atoms with Gasteiger partial charge >= 0.3 is 12.0 Å². The lowest BCUT2D eigenvalue weighted by Crippen LogP contribution is -2.52. The quantitative estimate of drug-likeness (QED) is 0.782. The van der Waals surface area contributed by atoms with Crippen LogP contribution in [0.1, 0.15) is 46.5 Å². The molecule has 1 fully saturated rings. The monoisotopic (exact) mass is 300 g/mol. The van der Waals surface area contributed by atoms with Gasteiger partial charge in [-0.1, -0.05) is 6.92 Å². The summed E-state index contributed by atoms with van der Waals surface area (Å²) in [5.41, 5.74) is 0. The van der Waals surface area contributed by atoms with Gasteiger partial charge in [0.1, 0.15) is 0 Å². The second-order valence-corrected chi connectivity index (χ2v) is 5.60. The van der Waals surface area contributed by atoms with Crippen molar-refractivity contribution in [3.8, 4) is 0 Å². The van der Waals surface area contributed by atoms with Crippen LogP contribution in [-0.2, 0) is 9.53 Å². The Balaban J connectivity index is 2.60. The fourth-order valence-corrected chi connectivity index (χ4v) is 2.71. The molecule has 1 rings (SSSR count). The first-order chi connectivity index (χ1) is 9.99. The molecule has 0 bridgehead atoms. The molecular weight excluding hydrogens is 272 g/mol. The molecule has 0 spiro atoms. The van der Waals surface area contributed by atoms with E-state index in [-0.39, 0.29) is 24.6 Å². The zero-order chi connectivity index (χ0) is 15.8. The number of carboxylic acids is 1. The molecule has 6 nitrogen and oxygen atoms in total. The predicted octanol–water partition coefficient (Wildman–Crippen LogP) is 2.18. The number of carbonyl (C=O) groups is 2. The average molecular weight is 300 g/mol. The average Bonchev–Trinajstić information content (AvgIpc) is 2.45. The molecule has 1 heterocycles. The lowest BCUT2D eigenvalue weighted by Gasteiger charge is -2.38. The maximum Gasteiger partial charge on any atom is 0.320 e. The van der Waals surface area contributed by atoms with Gasteiger partial charge in [0.25, 0.3) is 0 Å². The molecule has 1 saturated heterocycles. The van der Waals surface area contributed by atoms with Crippen LogP contribution in [0.4, 0.5) is 4.79 Å². The highest BCUT2D eigenvalue weighted by Crippen LogP contribution is 2.17. The Bertz CT molecular complexity index is 349. The minimum atomic E-state index is -0.878. The summed E-state index contributed by atoms with van der Waals surface area (Å²) >= 11 is 0. The second-order valence-electron chi connectivity index (χ2n) is 5.60. The van der Waals surface area contributed by atoms with E-state index in [1.165, 1.54) is 0 Å². The Labute approximate surface area is 127 Å². The van der Waals surface area contributed by atoms with Crippen LogP contribution in [0.3, 0.4) is 0 Å². The number of carboxylic acid groups (broad SMARTS) is 1. The highest BCUT2D eigenvalue weighted by Gasteiger charge is 2.29. The van der Waals surface area contributed by atoms with E-state index < -0.39 is 5.97 Å². The van der Waals surface area contributed by atoms with Crippen LogP contribution < -0.4 is 0 Å². The van der Waals surface area contributed by atoms with E-state index in [2.05, 4.69) is 6.92 Å². The first-order valence-electron chi connectivity index (χ1n) is 7.88. The molecule has 6 heteroatoms. The number of aliphatic carboxylic acids is 1. The molecule has 2 atom stereocenters. The number of likely N-dealkylation sites (tertiary alicyclic amines) is 1. The number of rotatable bonds is 7. The van der Waals surface area contributed by atoms with Gasteiger partial charge in [-0.15, -0.1) is 0 Å². The SMILES string of the molecule is CCCOC1CCCN(C(=O)N(CC)C(C)CC(=O)O)C1. The third-order valence-corrected chi connectivity index (χ3v) is 3.79. The van der Waals surface area contributed by atoms with Gasteiger partial charge < -0.3 is 19.6 Å². The van der Waals surface area contributed by atoms with E-state index in [1.54, 1.807) is 16.7 Å². The highest BCUT2D eigenvalue weighted by molar-refractivity contribution is 5.76. The van der Waals surface area contributed by atoms with Gasteiger partial charge in [0.2, 0.25) is 0 Å². The zero-order valence-corrected chi connectivity index (χ0v) is 13.4. The van der Waals surface area contributed by atoms with Gasteiger partial charge in [-0.25, -0.2) is 4.79 Å². The third kappa shape index (κ3) is 5.53. The number of ether oxygens (including phenoxy) is 1. The smallest absolute Gasteiger partial charge is 0.320 e. The van der Waals surface area contributed by atoms with Gasteiger partial charge in [-0.3, -0.25) is 4.79 Å². The van der Waals surface area contributed by atoms with E-state index in [0.717, 1.165) is 32.4 Å². The fourth-order valence-electron chi connectivity index (χ4n) is 2.71. The Morgan fingerprint density at radius 2 is 2.14 bits per heavy atom. The van der Waals surface area contributed by atoms with Crippen molar-refractivity contribution < 1.29 is 19.4 Å². The molecule has 2 amide bonds. The van der Waals surface area contributed by atoms with Crippen molar-refractivity contribution in [1.29, 1.82) is 0 Å². The summed E-state index contributed by atoms with van der Waals surface area (Å²) in [5, 5.41) is 8.89. The number of urea groups is 1. The van der Waals surface area contributed by atoms with Crippen molar-refractivity contribution in [3.05, 3.63) is 0 Å². The molecule has 1 aliphatic rings. The number of nitrogens with zero attached hydrogens (tertiary/aromatic N) is 2. The zero-order valence-electron chi connectivity index (χ0n) is 13.4. The number of amides is 2. The van der Waals surface area contributed by atoms with Crippen LogP contribution in [0.25, 0.3) is 0 Å². The highest BCUT2D eigenvalue weighted by atomic mass is 16.5. The third-order valence-electron chi connectivity index (χ3n) is 3.79. The molecule has 0 radical (unpaired) electrons. The lowest BCUT2D eigenvalue weighted by molar-refractivity contribution is -0.138. The van der Waals surface area contributed by atoms with Crippen molar-refractivity contribution in [2.75, 3.05) is 26.2 Å². The number of hydrogen-bond donors (Lipinski definition) is 1. The molecule has 122 valence electrons. The molecule has 0 aromatic carbocycles. The molecule has 0 saturated carbocycles. The first-order valence-corrected chi connectivity index (χ1v) is 7.88. The Kier molecular flexibility index (Phi) is 7.50. The molecule has 2 unspecified atom stereocenters. The van der Waals surface area contributed by atoms with Crippen molar-refractivity contribution in [1.82, 2.24) is 9.80 Å². The molecule has 1 N–H and O–H groups in total. The number of hydrogen-bond acceptors (Lipinski definition) is 3. The summed E-state index contributed by atoms with van der Waals surface area (Å²) in [6, 6.07) is -0.368. The molecule has 0 aliphatic carbocycles. The van der Waals surface area contributed by atoms with Crippen LogP contribution in [0, 0.1) is 0 Å². The van der Waals surface area contributed by atoms with Crippen molar-refractivity contribution in [3.63, 3.8) is 0 Å². The molecule has 0 aromatic heterocycles. The summed E-state index contributed by atoms with van der Waals surface area (Å²) in [5.74, 6) is -0.878. The van der Waals surface area contributed by atoms with E-state index in [1.807, 2.05) is 6.92 Å². The Morgan fingerprint density at radius 3 is 2.71 bits per heavy atom. The minimum absolute atomic E-state index is 0.0246. The predicted molar refractivity (Wildman–Crippen MR) is 80.3 cm³/mol. The summed E-state index contributed by atoms with van der Waals surface area (Å²) in [6.07, 6.45) is 2.98. The maximum absolute atomic E-state index is 12.6. The molecule has 0 aromatic rings. The van der Waals surface area contributed by atoms with Crippen molar-refractivity contribution >= 4 is 12.0 Å². The van der Waals surface area contributed by atoms with E-state index in [4.69, 9.17) is 9.84 Å². The van der Waals surface area contributed by atoms with E-state index in [0.29, 0.717) is 13.1 Å². The topological polar surface area (TPSA) is 70.1 Å².